The number of carbonyl (C=O) groups excluding carboxylic acids is 1. The van der Waals surface area contributed by atoms with E-state index < -0.39 is 0 Å². The number of hydrogen-bond acceptors (Lipinski definition) is 2. The molecular weight excluding hydrogens is 248 g/mol. The third-order valence-corrected chi connectivity index (χ3v) is 2.95. The van der Waals surface area contributed by atoms with Gasteiger partial charge < -0.3 is 4.74 Å². The molecule has 0 atom stereocenters. The van der Waals surface area contributed by atoms with Crippen molar-refractivity contribution < 1.29 is 9.53 Å². The van der Waals surface area contributed by atoms with Gasteiger partial charge >= 0.3 is 0 Å². The van der Waals surface area contributed by atoms with Gasteiger partial charge in [-0.3, -0.25) is 4.79 Å². The average Bonchev–Trinajstić information content (AvgIpc) is 2.36. The minimum Gasteiger partial charge on any atom is -0.488 e. The zero-order valence-electron chi connectivity index (χ0n) is 12.4. The van der Waals surface area contributed by atoms with Crippen LogP contribution in [0.15, 0.2) is 42.5 Å². The number of rotatable bonds is 3. The van der Waals surface area contributed by atoms with Crippen LogP contribution in [0.4, 0.5) is 0 Å². The first-order valence-electron chi connectivity index (χ1n) is 6.74. The van der Waals surface area contributed by atoms with Crippen molar-refractivity contribution in [1.29, 1.82) is 0 Å². The van der Waals surface area contributed by atoms with Crippen molar-refractivity contribution in [2.75, 3.05) is 0 Å². The number of hydrogen-bond donors (Lipinski definition) is 0. The van der Waals surface area contributed by atoms with Gasteiger partial charge in [0.25, 0.3) is 0 Å². The van der Waals surface area contributed by atoms with Gasteiger partial charge in [-0.15, -0.1) is 0 Å². The molecule has 0 aliphatic carbocycles. The van der Waals surface area contributed by atoms with Crippen molar-refractivity contribution in [2.24, 2.45) is 0 Å². The van der Waals surface area contributed by atoms with Gasteiger partial charge in [-0.25, -0.2) is 0 Å². The van der Waals surface area contributed by atoms with E-state index in [0.29, 0.717) is 5.56 Å². The van der Waals surface area contributed by atoms with Crippen LogP contribution in [-0.4, -0.2) is 11.9 Å². The molecule has 2 aromatic carbocycles. The summed E-state index contributed by atoms with van der Waals surface area (Å²) >= 11 is 0. The highest BCUT2D eigenvalue weighted by molar-refractivity contribution is 5.81. The fraction of sp³-hybridized carbons (Fsp3) is 0.278. The number of benzene rings is 2. The Morgan fingerprint density at radius 2 is 1.75 bits per heavy atom. The predicted octanol–water partition coefficient (Wildman–Crippen LogP) is 4.65. The van der Waals surface area contributed by atoms with E-state index in [1.54, 1.807) is 6.07 Å². The van der Waals surface area contributed by atoms with Crippen molar-refractivity contribution in [3.05, 3.63) is 53.6 Å². The molecule has 0 aromatic heterocycles. The molecule has 0 saturated heterocycles. The summed E-state index contributed by atoms with van der Waals surface area (Å²) in [6.07, 6.45) is 0.858. The largest absolute Gasteiger partial charge is 0.488 e. The normalized spacial score (nSPS) is 11.2. The van der Waals surface area contributed by atoms with Gasteiger partial charge in [0, 0.05) is 5.56 Å². The second-order valence-electron chi connectivity index (χ2n) is 5.94. The van der Waals surface area contributed by atoms with Gasteiger partial charge in [0.05, 0.1) is 0 Å². The maximum absolute atomic E-state index is 11.1. The van der Waals surface area contributed by atoms with Crippen LogP contribution in [0.3, 0.4) is 0 Å². The topological polar surface area (TPSA) is 26.3 Å². The van der Waals surface area contributed by atoms with Gasteiger partial charge in [0.2, 0.25) is 0 Å². The smallest absolute Gasteiger partial charge is 0.150 e. The van der Waals surface area contributed by atoms with E-state index in [-0.39, 0.29) is 5.60 Å². The number of aldehydes is 1. The standard InChI is InChI=1S/C18H20O2/c1-13-7-5-6-8-17(13)15-9-14(12-19)10-16(11-15)20-18(2,3)4/h5-12H,1-4H3. The molecule has 2 nitrogen and oxygen atoms in total. The molecule has 0 heterocycles. The van der Waals surface area contributed by atoms with E-state index in [2.05, 4.69) is 19.1 Å². The molecule has 104 valence electrons. The van der Waals surface area contributed by atoms with Crippen LogP contribution < -0.4 is 4.74 Å². The molecule has 2 rings (SSSR count). The fourth-order valence-corrected chi connectivity index (χ4v) is 2.15. The van der Waals surface area contributed by atoms with Crippen molar-refractivity contribution in [3.63, 3.8) is 0 Å². The van der Waals surface area contributed by atoms with Crippen molar-refractivity contribution in [2.45, 2.75) is 33.3 Å². The van der Waals surface area contributed by atoms with E-state index in [1.807, 2.05) is 45.0 Å². The van der Waals surface area contributed by atoms with E-state index >= 15 is 0 Å². The van der Waals surface area contributed by atoms with Gasteiger partial charge in [-0.05, 0) is 62.6 Å². The lowest BCUT2D eigenvalue weighted by atomic mass is 9.98. The Kier molecular flexibility index (Phi) is 3.93. The first-order chi connectivity index (χ1) is 9.39. The summed E-state index contributed by atoms with van der Waals surface area (Å²) in [4.78, 5) is 11.1. The Morgan fingerprint density at radius 1 is 1.05 bits per heavy atom. The summed E-state index contributed by atoms with van der Waals surface area (Å²) in [5.41, 5.74) is 3.65. The molecule has 0 bridgehead atoms. The Balaban J connectivity index is 2.51. The molecule has 0 N–H and O–H groups in total. The first kappa shape index (κ1) is 14.3. The minimum atomic E-state index is -0.287. The van der Waals surface area contributed by atoms with E-state index in [4.69, 9.17) is 4.74 Å². The lowest BCUT2D eigenvalue weighted by Gasteiger charge is -2.22. The van der Waals surface area contributed by atoms with E-state index in [1.165, 1.54) is 5.56 Å². The van der Waals surface area contributed by atoms with Gasteiger partial charge in [-0.2, -0.15) is 0 Å². The molecule has 20 heavy (non-hydrogen) atoms. The lowest BCUT2D eigenvalue weighted by molar-refractivity contribution is 0.111. The third kappa shape index (κ3) is 3.47. The quantitative estimate of drug-likeness (QED) is 0.757. The summed E-state index contributed by atoms with van der Waals surface area (Å²) in [5, 5.41) is 0. The summed E-state index contributed by atoms with van der Waals surface area (Å²) in [7, 11) is 0. The van der Waals surface area contributed by atoms with Gasteiger partial charge in [0.15, 0.2) is 0 Å². The second-order valence-corrected chi connectivity index (χ2v) is 5.94. The molecule has 2 aromatic rings. The minimum absolute atomic E-state index is 0.287. The van der Waals surface area contributed by atoms with E-state index in [9.17, 15) is 4.79 Å². The maximum atomic E-state index is 11.1. The van der Waals surface area contributed by atoms with Crippen molar-refractivity contribution in [3.8, 4) is 16.9 Å². The molecule has 0 aliphatic heterocycles. The van der Waals surface area contributed by atoms with Crippen molar-refractivity contribution in [1.82, 2.24) is 0 Å². The highest BCUT2D eigenvalue weighted by atomic mass is 16.5. The summed E-state index contributed by atoms with van der Waals surface area (Å²) < 4.78 is 5.89. The van der Waals surface area contributed by atoms with Crippen LogP contribution >= 0.6 is 0 Å². The van der Waals surface area contributed by atoms with Gasteiger partial charge in [0.1, 0.15) is 17.6 Å². The summed E-state index contributed by atoms with van der Waals surface area (Å²) in [6.45, 7) is 8.04. The molecule has 0 spiro atoms. The summed E-state index contributed by atoms with van der Waals surface area (Å²) in [6, 6.07) is 13.8. The zero-order valence-corrected chi connectivity index (χ0v) is 12.4. The Bertz CT molecular complexity index is 622. The maximum Gasteiger partial charge on any atom is 0.150 e. The molecule has 0 unspecified atom stereocenters. The first-order valence-corrected chi connectivity index (χ1v) is 6.74. The Morgan fingerprint density at radius 3 is 2.35 bits per heavy atom. The molecule has 0 radical (unpaired) electrons. The highest BCUT2D eigenvalue weighted by Gasteiger charge is 2.13. The Labute approximate surface area is 120 Å². The van der Waals surface area contributed by atoms with Crippen molar-refractivity contribution >= 4 is 6.29 Å². The highest BCUT2D eigenvalue weighted by Crippen LogP contribution is 2.29. The van der Waals surface area contributed by atoms with Crippen LogP contribution in [0.1, 0.15) is 36.7 Å². The Hall–Kier alpha value is -2.09. The molecule has 2 heteroatoms. The van der Waals surface area contributed by atoms with Crippen LogP contribution in [0.2, 0.25) is 0 Å². The van der Waals surface area contributed by atoms with Gasteiger partial charge in [-0.1, -0.05) is 24.3 Å². The SMILES string of the molecule is Cc1ccccc1-c1cc(C=O)cc(OC(C)(C)C)c1. The van der Waals surface area contributed by atoms with Crippen LogP contribution in [-0.2, 0) is 0 Å². The summed E-state index contributed by atoms with van der Waals surface area (Å²) in [5.74, 6) is 0.723. The predicted molar refractivity (Wildman–Crippen MR) is 82.4 cm³/mol. The fourth-order valence-electron chi connectivity index (χ4n) is 2.15. The second kappa shape index (κ2) is 5.49. The van der Waals surface area contributed by atoms with Crippen LogP contribution in [0.5, 0.6) is 5.75 Å². The zero-order chi connectivity index (χ0) is 14.8. The molecule has 0 aliphatic rings. The monoisotopic (exact) mass is 268 g/mol. The molecular formula is C18H20O2. The molecule has 0 saturated carbocycles. The molecule has 0 fully saturated rings. The van der Waals surface area contributed by atoms with E-state index in [0.717, 1.165) is 23.2 Å². The molecule has 0 amide bonds. The number of carbonyl (C=O) groups is 1. The average molecular weight is 268 g/mol. The number of aryl methyl sites for hydroxylation is 1. The van der Waals surface area contributed by atoms with Crippen LogP contribution in [0.25, 0.3) is 11.1 Å². The lowest BCUT2D eigenvalue weighted by Crippen LogP contribution is -2.23. The number of ether oxygens (including phenoxy) is 1. The van der Waals surface area contributed by atoms with Crippen LogP contribution in [0, 0.1) is 6.92 Å². The third-order valence-electron chi connectivity index (χ3n) is 2.95.